The van der Waals surface area contributed by atoms with Gasteiger partial charge >= 0.3 is 0 Å². The van der Waals surface area contributed by atoms with Crippen LogP contribution in [0, 0.1) is 0 Å². The lowest BCUT2D eigenvalue weighted by atomic mass is 9.79. The van der Waals surface area contributed by atoms with Gasteiger partial charge in [0.05, 0.1) is 6.04 Å². The second-order valence-corrected chi connectivity index (χ2v) is 5.21. The smallest absolute Gasteiger partial charge is 0.0880 e. The van der Waals surface area contributed by atoms with Crippen LogP contribution in [-0.2, 0) is 0 Å². The lowest BCUT2D eigenvalue weighted by Gasteiger charge is -2.49. The summed E-state index contributed by atoms with van der Waals surface area (Å²) >= 11 is 0. The maximum atomic E-state index is 9.89. The van der Waals surface area contributed by atoms with E-state index in [9.17, 15) is 5.21 Å². The van der Waals surface area contributed by atoms with Crippen LogP contribution in [-0.4, -0.2) is 27.4 Å². The van der Waals surface area contributed by atoms with Crippen molar-refractivity contribution in [2.24, 2.45) is 0 Å². The van der Waals surface area contributed by atoms with Gasteiger partial charge in [-0.15, -0.1) is 0 Å². The Bertz CT molecular complexity index is 159. The van der Waals surface area contributed by atoms with Crippen LogP contribution in [0.25, 0.3) is 0 Å². The summed E-state index contributed by atoms with van der Waals surface area (Å²) in [6.45, 7) is 8.25. The predicted molar refractivity (Wildman–Crippen MR) is 47.7 cm³/mol. The molecule has 72 valence electrons. The molecule has 0 spiro atoms. The molecular weight excluding hydrogens is 152 g/mol. The quantitative estimate of drug-likeness (QED) is 0.565. The molecule has 1 rings (SSSR count). The van der Waals surface area contributed by atoms with Crippen LogP contribution in [0.3, 0.4) is 0 Å². The van der Waals surface area contributed by atoms with Crippen LogP contribution in [0.2, 0.25) is 0 Å². The number of nitrogens with zero attached hydrogens (tertiary/aromatic N) is 1. The molecule has 4 N–H and O–H groups in total. The van der Waals surface area contributed by atoms with Crippen molar-refractivity contribution in [1.29, 1.82) is 0 Å². The van der Waals surface area contributed by atoms with Crippen LogP contribution >= 0.6 is 0 Å². The van der Waals surface area contributed by atoms with Crippen molar-refractivity contribution in [3.63, 3.8) is 0 Å². The molecule has 1 heterocycles. The van der Waals surface area contributed by atoms with Gasteiger partial charge in [-0.2, -0.15) is 5.06 Å². The summed E-state index contributed by atoms with van der Waals surface area (Å²) in [4.78, 5) is 0. The lowest BCUT2D eigenvalue weighted by molar-refractivity contribution is -0.448. The third-order valence-electron chi connectivity index (χ3n) is 2.72. The summed E-state index contributed by atoms with van der Waals surface area (Å²) in [5.74, 6) is 0. The molecule has 1 fully saturated rings. The molecule has 0 bridgehead atoms. The van der Waals surface area contributed by atoms with Crippen molar-refractivity contribution in [2.75, 3.05) is 0 Å². The van der Waals surface area contributed by atoms with E-state index in [1.54, 1.807) is 0 Å². The van der Waals surface area contributed by atoms with Crippen LogP contribution in [0.1, 0.15) is 40.5 Å². The Morgan fingerprint density at radius 1 is 1.17 bits per heavy atom. The lowest BCUT2D eigenvalue weighted by Crippen LogP contribution is -2.72. The van der Waals surface area contributed by atoms with Gasteiger partial charge in [-0.1, -0.05) is 0 Å². The van der Waals surface area contributed by atoms with Crippen molar-refractivity contribution < 1.29 is 10.9 Å². The molecule has 0 amide bonds. The van der Waals surface area contributed by atoms with Gasteiger partial charge in [0, 0.05) is 23.9 Å². The first-order valence-electron chi connectivity index (χ1n) is 4.58. The van der Waals surface area contributed by atoms with Gasteiger partial charge in [0.25, 0.3) is 0 Å². The molecule has 1 saturated heterocycles. The van der Waals surface area contributed by atoms with E-state index in [-0.39, 0.29) is 11.1 Å². The summed E-state index contributed by atoms with van der Waals surface area (Å²) in [5, 5.41) is 11.4. The molecule has 0 aromatic rings. The Morgan fingerprint density at radius 2 is 1.50 bits per heavy atom. The second kappa shape index (κ2) is 2.69. The van der Waals surface area contributed by atoms with Crippen LogP contribution in [0.15, 0.2) is 0 Å². The molecule has 1 aliphatic rings. The maximum absolute atomic E-state index is 9.89. The highest BCUT2D eigenvalue weighted by atomic mass is 16.5. The van der Waals surface area contributed by atoms with Crippen molar-refractivity contribution in [3.8, 4) is 0 Å². The van der Waals surface area contributed by atoms with Gasteiger partial charge in [-0.05, 0) is 27.7 Å². The fourth-order valence-corrected chi connectivity index (χ4v) is 2.48. The van der Waals surface area contributed by atoms with E-state index in [0.29, 0.717) is 6.04 Å². The van der Waals surface area contributed by atoms with E-state index in [0.717, 1.165) is 12.8 Å². The Kier molecular flexibility index (Phi) is 2.23. The topological polar surface area (TPSA) is 51.1 Å². The summed E-state index contributed by atoms with van der Waals surface area (Å²) in [6, 6.07) is 0.457. The first-order chi connectivity index (χ1) is 5.26. The number of rotatable bonds is 0. The fourth-order valence-electron chi connectivity index (χ4n) is 2.48. The van der Waals surface area contributed by atoms with Crippen molar-refractivity contribution in [1.82, 2.24) is 5.06 Å². The van der Waals surface area contributed by atoms with Crippen LogP contribution in [0.5, 0.6) is 0 Å². The zero-order valence-electron chi connectivity index (χ0n) is 8.59. The third kappa shape index (κ3) is 1.63. The molecule has 0 atom stereocenters. The molecule has 0 radical (unpaired) electrons. The van der Waals surface area contributed by atoms with E-state index in [1.807, 2.05) is 0 Å². The van der Waals surface area contributed by atoms with E-state index in [1.165, 1.54) is 5.06 Å². The van der Waals surface area contributed by atoms with Crippen LogP contribution in [0.4, 0.5) is 0 Å². The molecule has 0 aromatic heterocycles. The number of piperidine rings is 1. The summed E-state index contributed by atoms with van der Waals surface area (Å²) in [7, 11) is 0. The van der Waals surface area contributed by atoms with Gasteiger partial charge in [0.15, 0.2) is 0 Å². The fraction of sp³-hybridized carbons (Fsp3) is 1.00. The zero-order valence-corrected chi connectivity index (χ0v) is 8.59. The van der Waals surface area contributed by atoms with Gasteiger partial charge in [-0.3, -0.25) is 0 Å². The average Bonchev–Trinajstić information content (AvgIpc) is 1.80. The van der Waals surface area contributed by atoms with Crippen molar-refractivity contribution in [3.05, 3.63) is 0 Å². The van der Waals surface area contributed by atoms with E-state index < -0.39 is 0 Å². The van der Waals surface area contributed by atoms with Gasteiger partial charge in [0.2, 0.25) is 0 Å². The number of hydrogen-bond acceptors (Lipinski definition) is 2. The SMILES string of the molecule is CC1(C)CC([NH3+])CC(C)(C)N1O. The minimum atomic E-state index is -0.131. The van der Waals surface area contributed by atoms with Crippen LogP contribution < -0.4 is 5.73 Å². The molecule has 3 nitrogen and oxygen atoms in total. The molecule has 0 saturated carbocycles. The third-order valence-corrected chi connectivity index (χ3v) is 2.72. The predicted octanol–water partition coefficient (Wildman–Crippen LogP) is 0.639. The molecular formula is C9H21N2O+. The highest BCUT2D eigenvalue weighted by Gasteiger charge is 2.45. The average molecular weight is 173 g/mol. The molecule has 0 aliphatic carbocycles. The maximum Gasteiger partial charge on any atom is 0.0880 e. The number of hydroxylamine groups is 2. The van der Waals surface area contributed by atoms with Crippen molar-refractivity contribution >= 4 is 0 Å². The zero-order chi connectivity index (χ0) is 9.57. The van der Waals surface area contributed by atoms with Crippen molar-refractivity contribution in [2.45, 2.75) is 57.7 Å². The molecule has 12 heavy (non-hydrogen) atoms. The Balaban J connectivity index is 2.84. The summed E-state index contributed by atoms with van der Waals surface area (Å²) in [6.07, 6.45) is 1.93. The molecule has 1 aliphatic heterocycles. The van der Waals surface area contributed by atoms with Gasteiger partial charge in [0.1, 0.15) is 0 Å². The van der Waals surface area contributed by atoms with E-state index in [4.69, 9.17) is 0 Å². The largest absolute Gasteiger partial charge is 0.355 e. The monoisotopic (exact) mass is 173 g/mol. The first kappa shape index (κ1) is 9.96. The number of quaternary nitrogens is 1. The molecule has 0 aromatic carbocycles. The minimum Gasteiger partial charge on any atom is -0.355 e. The highest BCUT2D eigenvalue weighted by Crippen LogP contribution is 2.34. The second-order valence-electron chi connectivity index (χ2n) is 5.21. The summed E-state index contributed by atoms with van der Waals surface area (Å²) in [5.41, 5.74) is 3.82. The minimum absolute atomic E-state index is 0.131. The Hall–Kier alpha value is -0.120. The molecule has 3 heteroatoms. The van der Waals surface area contributed by atoms with Gasteiger partial charge < -0.3 is 10.9 Å². The van der Waals surface area contributed by atoms with Gasteiger partial charge in [-0.25, -0.2) is 0 Å². The highest BCUT2D eigenvalue weighted by molar-refractivity contribution is 4.95. The first-order valence-corrected chi connectivity index (χ1v) is 4.58. The standard InChI is InChI=1S/C9H20N2O/c1-8(2)5-7(10)6-9(3,4)11(8)12/h7,12H,5-6,10H2,1-4H3/p+1. The Morgan fingerprint density at radius 3 is 1.83 bits per heavy atom. The summed E-state index contributed by atoms with van der Waals surface area (Å²) < 4.78 is 0. The normalized spacial score (nSPS) is 30.5. The van der Waals surface area contributed by atoms with E-state index >= 15 is 0 Å². The Labute approximate surface area is 74.5 Å². The van der Waals surface area contributed by atoms with E-state index in [2.05, 4.69) is 33.4 Å². The number of hydrogen-bond donors (Lipinski definition) is 2. The molecule has 0 unspecified atom stereocenters.